The van der Waals surface area contributed by atoms with E-state index in [4.69, 9.17) is 16.3 Å². The van der Waals surface area contributed by atoms with Crippen LogP contribution in [0.2, 0.25) is 5.02 Å². The molecule has 1 aromatic heterocycles. The van der Waals surface area contributed by atoms with Crippen LogP contribution in [0.25, 0.3) is 6.08 Å². The molecule has 28 heavy (non-hydrogen) atoms. The summed E-state index contributed by atoms with van der Waals surface area (Å²) in [5.74, 6) is 0.0922. The highest BCUT2D eigenvalue weighted by atomic mass is 35.5. The minimum atomic E-state index is -1.28. The molecule has 0 aliphatic carbocycles. The molecule has 0 saturated heterocycles. The second-order valence-electron chi connectivity index (χ2n) is 5.80. The van der Waals surface area contributed by atoms with Crippen molar-refractivity contribution in [3.05, 3.63) is 75.4 Å². The lowest BCUT2D eigenvalue weighted by atomic mass is 10.2. The van der Waals surface area contributed by atoms with Crippen molar-refractivity contribution in [1.29, 1.82) is 0 Å². The third-order valence-electron chi connectivity index (χ3n) is 3.75. The van der Waals surface area contributed by atoms with E-state index in [9.17, 15) is 9.90 Å². The fourth-order valence-electron chi connectivity index (χ4n) is 2.27. The number of aryl methyl sites for hydroxylation is 1. The van der Waals surface area contributed by atoms with E-state index in [1.54, 1.807) is 24.3 Å². The maximum Gasteiger partial charge on any atom is 0.213 e. The van der Waals surface area contributed by atoms with Gasteiger partial charge in [0.25, 0.3) is 0 Å². The van der Waals surface area contributed by atoms with Crippen LogP contribution in [0.4, 0.5) is 0 Å². The number of carboxylic acid groups (broad SMARTS) is 1. The van der Waals surface area contributed by atoms with Crippen molar-refractivity contribution in [3.63, 3.8) is 0 Å². The fraction of sp³-hybridized carbons (Fsp3) is 0.150. The number of benzene rings is 2. The van der Waals surface area contributed by atoms with Gasteiger partial charge in [0.1, 0.15) is 18.2 Å². The number of rotatable bonds is 8. The zero-order chi connectivity index (χ0) is 19.9. The summed E-state index contributed by atoms with van der Waals surface area (Å²) in [4.78, 5) is 15.7. The molecule has 1 heterocycles. The molecular formula is C20H17ClN3O3S-. The van der Waals surface area contributed by atoms with Crippen molar-refractivity contribution >= 4 is 35.4 Å². The van der Waals surface area contributed by atoms with Crippen molar-refractivity contribution in [1.82, 2.24) is 15.2 Å². The maximum atomic E-state index is 11.4. The number of aliphatic carboxylic acids is 1. The lowest BCUT2D eigenvalue weighted by Gasteiger charge is -2.08. The molecule has 144 valence electrons. The summed E-state index contributed by atoms with van der Waals surface area (Å²) >= 11 is 6.81. The summed E-state index contributed by atoms with van der Waals surface area (Å²) in [6.07, 6.45) is 2.21. The lowest BCUT2D eigenvalue weighted by Crippen LogP contribution is -2.23. The normalized spacial score (nSPS) is 11.4. The molecule has 0 atom stereocenters. The smallest absolute Gasteiger partial charge is 0.213 e. The van der Waals surface area contributed by atoms with E-state index < -0.39 is 5.97 Å². The average Bonchev–Trinajstić information content (AvgIpc) is 3.16. The van der Waals surface area contributed by atoms with Gasteiger partial charge in [-0.25, -0.2) is 4.98 Å². The minimum Gasteiger partial charge on any atom is -0.544 e. The van der Waals surface area contributed by atoms with Gasteiger partial charge in [0, 0.05) is 16.3 Å². The number of aromatic nitrogens is 3. The highest BCUT2D eigenvalue weighted by molar-refractivity contribution is 8.04. The number of aromatic amines is 1. The third kappa shape index (κ3) is 5.61. The molecule has 0 radical (unpaired) electrons. The van der Waals surface area contributed by atoms with E-state index in [0.717, 1.165) is 17.3 Å². The first kappa shape index (κ1) is 20.0. The number of carboxylic acids is 1. The molecule has 3 aromatic rings. The molecule has 8 heteroatoms. The first-order valence-electron chi connectivity index (χ1n) is 8.53. The van der Waals surface area contributed by atoms with Crippen molar-refractivity contribution < 1.29 is 14.6 Å². The fourth-order valence-corrected chi connectivity index (χ4v) is 3.12. The molecule has 3 rings (SSSR count). The quantitative estimate of drug-likeness (QED) is 0.448. The lowest BCUT2D eigenvalue weighted by molar-refractivity contribution is -0.297. The predicted octanol–water partition coefficient (Wildman–Crippen LogP) is 3.48. The Morgan fingerprint density at radius 3 is 2.54 bits per heavy atom. The van der Waals surface area contributed by atoms with Crippen LogP contribution in [-0.2, 0) is 17.8 Å². The number of hydrogen-bond donors (Lipinski definition) is 1. The third-order valence-corrected chi connectivity index (χ3v) is 4.87. The van der Waals surface area contributed by atoms with E-state index in [-0.39, 0.29) is 4.91 Å². The highest BCUT2D eigenvalue weighted by Crippen LogP contribution is 2.26. The SMILES string of the molecule is CCc1nc(S/C(=C\c2ccc(OCc3ccc(Cl)cc3)cc2)C(=O)[O-])n[nH]1. The number of nitrogens with zero attached hydrogens (tertiary/aromatic N) is 2. The molecule has 0 unspecified atom stereocenters. The Labute approximate surface area is 171 Å². The van der Waals surface area contributed by atoms with Crippen LogP contribution in [0.1, 0.15) is 23.9 Å². The number of halogens is 1. The summed E-state index contributed by atoms with van der Waals surface area (Å²) in [6, 6.07) is 14.5. The summed E-state index contributed by atoms with van der Waals surface area (Å²) in [5, 5.41) is 19.2. The number of carbonyl (C=O) groups excluding carboxylic acids is 1. The molecule has 2 aromatic carbocycles. The molecule has 0 aliphatic heterocycles. The van der Waals surface area contributed by atoms with Gasteiger partial charge in [-0.05, 0) is 53.2 Å². The van der Waals surface area contributed by atoms with Gasteiger partial charge in [0.15, 0.2) is 0 Å². The van der Waals surface area contributed by atoms with Crippen LogP contribution in [0.3, 0.4) is 0 Å². The Morgan fingerprint density at radius 1 is 1.21 bits per heavy atom. The van der Waals surface area contributed by atoms with Crippen molar-refractivity contribution in [3.8, 4) is 5.75 Å². The summed E-state index contributed by atoms with van der Waals surface area (Å²) in [5.41, 5.74) is 1.71. The molecule has 0 aliphatic rings. The molecular weight excluding hydrogens is 398 g/mol. The van der Waals surface area contributed by atoms with Crippen LogP contribution in [-0.4, -0.2) is 21.2 Å². The second kappa shape index (κ2) is 9.43. The number of ether oxygens (including phenoxy) is 1. The molecule has 0 spiro atoms. The first-order chi connectivity index (χ1) is 13.5. The van der Waals surface area contributed by atoms with E-state index in [1.165, 1.54) is 6.08 Å². The number of hydrogen-bond acceptors (Lipinski definition) is 6. The number of nitrogens with one attached hydrogen (secondary N) is 1. The van der Waals surface area contributed by atoms with Crippen LogP contribution >= 0.6 is 23.4 Å². The monoisotopic (exact) mass is 414 g/mol. The summed E-state index contributed by atoms with van der Waals surface area (Å²) < 4.78 is 5.73. The number of carbonyl (C=O) groups is 1. The molecule has 1 N–H and O–H groups in total. The van der Waals surface area contributed by atoms with Crippen LogP contribution in [0, 0.1) is 0 Å². The zero-order valence-electron chi connectivity index (χ0n) is 15.0. The van der Waals surface area contributed by atoms with Crippen molar-refractivity contribution in [2.75, 3.05) is 0 Å². The van der Waals surface area contributed by atoms with Gasteiger partial charge in [-0.2, -0.15) is 0 Å². The van der Waals surface area contributed by atoms with Crippen molar-refractivity contribution in [2.45, 2.75) is 25.1 Å². The molecule has 0 bridgehead atoms. The molecule has 6 nitrogen and oxygen atoms in total. The van der Waals surface area contributed by atoms with Gasteiger partial charge in [-0.1, -0.05) is 42.8 Å². The van der Waals surface area contributed by atoms with Gasteiger partial charge in [0.05, 0.1) is 5.97 Å². The standard InChI is InChI=1S/C20H18ClN3O3S/c1-2-18-22-20(24-23-18)28-17(19(25)26)11-13-5-9-16(10-6-13)27-12-14-3-7-15(21)8-4-14/h3-11H,2,12H2,1H3,(H,25,26)(H,22,23,24)/p-1/b17-11-. The largest absolute Gasteiger partial charge is 0.544 e. The summed E-state index contributed by atoms with van der Waals surface area (Å²) in [6.45, 7) is 2.35. The Balaban J connectivity index is 1.66. The predicted molar refractivity (Wildman–Crippen MR) is 107 cm³/mol. The van der Waals surface area contributed by atoms with Gasteiger partial charge >= 0.3 is 0 Å². The Hall–Kier alpha value is -2.77. The van der Waals surface area contributed by atoms with Gasteiger partial charge in [-0.3, -0.25) is 5.10 Å². The van der Waals surface area contributed by atoms with Gasteiger partial charge < -0.3 is 14.6 Å². The first-order valence-corrected chi connectivity index (χ1v) is 9.72. The Morgan fingerprint density at radius 2 is 1.93 bits per heavy atom. The van der Waals surface area contributed by atoms with E-state index in [2.05, 4.69) is 15.2 Å². The molecule has 0 amide bonds. The Bertz CT molecular complexity index is 969. The average molecular weight is 415 g/mol. The van der Waals surface area contributed by atoms with Gasteiger partial charge in [0.2, 0.25) is 5.16 Å². The van der Waals surface area contributed by atoms with Crippen LogP contribution < -0.4 is 9.84 Å². The Kier molecular flexibility index (Phi) is 6.73. The van der Waals surface area contributed by atoms with E-state index in [0.29, 0.717) is 40.3 Å². The topological polar surface area (TPSA) is 90.9 Å². The second-order valence-corrected chi connectivity index (χ2v) is 7.25. The number of thioether (sulfide) groups is 1. The minimum absolute atomic E-state index is 0.0245. The van der Waals surface area contributed by atoms with E-state index in [1.807, 2.05) is 31.2 Å². The van der Waals surface area contributed by atoms with Crippen LogP contribution in [0.15, 0.2) is 58.6 Å². The van der Waals surface area contributed by atoms with Crippen molar-refractivity contribution in [2.24, 2.45) is 0 Å². The zero-order valence-corrected chi connectivity index (χ0v) is 16.6. The van der Waals surface area contributed by atoms with Crippen LogP contribution in [0.5, 0.6) is 5.75 Å². The molecule has 0 saturated carbocycles. The number of H-pyrrole nitrogens is 1. The van der Waals surface area contributed by atoms with Gasteiger partial charge in [-0.15, -0.1) is 5.10 Å². The van der Waals surface area contributed by atoms with E-state index >= 15 is 0 Å². The molecule has 0 fully saturated rings. The highest BCUT2D eigenvalue weighted by Gasteiger charge is 2.08. The summed E-state index contributed by atoms with van der Waals surface area (Å²) in [7, 11) is 0. The maximum absolute atomic E-state index is 11.4.